The molecule has 0 spiro atoms. The van der Waals surface area contributed by atoms with Crippen LogP contribution in [0.4, 0.5) is 16.2 Å². The van der Waals surface area contributed by atoms with Crippen LogP contribution in [0.3, 0.4) is 0 Å². The molecule has 0 unspecified atom stereocenters. The third kappa shape index (κ3) is 3.08. The van der Waals surface area contributed by atoms with Gasteiger partial charge in [-0.1, -0.05) is 0 Å². The fourth-order valence-corrected chi connectivity index (χ4v) is 2.09. The molecule has 0 bridgehead atoms. The molecule has 0 saturated carbocycles. The Morgan fingerprint density at radius 1 is 1.42 bits per heavy atom. The molecule has 1 aliphatic heterocycles. The Hall–Kier alpha value is -1.96. The van der Waals surface area contributed by atoms with E-state index in [1.807, 2.05) is 0 Å². The van der Waals surface area contributed by atoms with Crippen LogP contribution in [0.15, 0.2) is 6.20 Å². The molecule has 0 aliphatic carbocycles. The van der Waals surface area contributed by atoms with Gasteiger partial charge in [-0.3, -0.25) is 10.2 Å². The third-order valence-corrected chi connectivity index (χ3v) is 3.10. The number of nitrogen functional groups attached to an aromatic ring is 1. The van der Waals surface area contributed by atoms with Gasteiger partial charge in [-0.2, -0.15) is 4.98 Å². The van der Waals surface area contributed by atoms with Crippen molar-refractivity contribution in [2.45, 2.75) is 13.3 Å². The smallest absolute Gasteiger partial charge is 0.239 e. The highest BCUT2D eigenvalue weighted by Crippen LogP contribution is 2.18. The Balaban J connectivity index is 2.15. The third-order valence-electron chi connectivity index (χ3n) is 3.10. The minimum absolute atomic E-state index is 0.0364. The van der Waals surface area contributed by atoms with Crippen molar-refractivity contribution < 1.29 is 9.18 Å². The molecule has 2 heterocycles. The summed E-state index contributed by atoms with van der Waals surface area (Å²) in [5.74, 6) is 5.15. The number of halogens is 1. The molecule has 104 valence electrons. The van der Waals surface area contributed by atoms with E-state index < -0.39 is 5.82 Å². The molecule has 3 N–H and O–H groups in total. The second-order valence-electron chi connectivity index (χ2n) is 4.36. The number of nitrogens with zero attached hydrogens (tertiary/aromatic N) is 4. The largest absolute Gasteiger partial charge is 0.352 e. The molecular weight excluding hydrogens is 251 g/mol. The van der Waals surface area contributed by atoms with E-state index in [1.54, 1.807) is 9.80 Å². The minimum Gasteiger partial charge on any atom is -0.352 e. The lowest BCUT2D eigenvalue weighted by molar-refractivity contribution is -0.128. The van der Waals surface area contributed by atoms with Crippen molar-refractivity contribution in [2.75, 3.05) is 36.5 Å². The molecule has 1 amide bonds. The molecule has 0 atom stereocenters. The standard InChI is InChI=1S/C11H17FN6O/c1-8(19)17-3-2-4-18(6-5-17)10-9(12)7-14-11(15-10)16-13/h7H,2-6,13H2,1H3,(H,14,15,16). The molecule has 7 nitrogen and oxygen atoms in total. The highest BCUT2D eigenvalue weighted by atomic mass is 19.1. The molecule has 1 saturated heterocycles. The Bertz CT molecular complexity index is 468. The second-order valence-corrected chi connectivity index (χ2v) is 4.36. The number of hydrogen-bond donors (Lipinski definition) is 2. The molecular formula is C11H17FN6O. The van der Waals surface area contributed by atoms with Crippen molar-refractivity contribution in [3.8, 4) is 0 Å². The number of hydrazine groups is 1. The van der Waals surface area contributed by atoms with Gasteiger partial charge in [-0.15, -0.1) is 0 Å². The summed E-state index contributed by atoms with van der Waals surface area (Å²) in [5.41, 5.74) is 2.30. The zero-order chi connectivity index (χ0) is 13.8. The van der Waals surface area contributed by atoms with Crippen molar-refractivity contribution in [2.24, 2.45) is 5.84 Å². The number of carbonyl (C=O) groups is 1. The number of carbonyl (C=O) groups excluding carboxylic acids is 1. The zero-order valence-electron chi connectivity index (χ0n) is 10.8. The summed E-state index contributed by atoms with van der Waals surface area (Å²) in [7, 11) is 0. The molecule has 1 aliphatic rings. The van der Waals surface area contributed by atoms with E-state index >= 15 is 0 Å². The van der Waals surface area contributed by atoms with E-state index in [9.17, 15) is 9.18 Å². The van der Waals surface area contributed by atoms with E-state index in [-0.39, 0.29) is 17.7 Å². The number of anilines is 2. The minimum atomic E-state index is -0.490. The van der Waals surface area contributed by atoms with Gasteiger partial charge in [0.2, 0.25) is 11.9 Å². The van der Waals surface area contributed by atoms with Crippen LogP contribution in [0, 0.1) is 5.82 Å². The van der Waals surface area contributed by atoms with Crippen LogP contribution >= 0.6 is 0 Å². The predicted molar refractivity (Wildman–Crippen MR) is 68.9 cm³/mol. The normalized spacial score (nSPS) is 16.2. The lowest BCUT2D eigenvalue weighted by Gasteiger charge is -2.22. The number of aromatic nitrogens is 2. The van der Waals surface area contributed by atoms with Crippen LogP contribution in [-0.2, 0) is 4.79 Å². The van der Waals surface area contributed by atoms with Gasteiger partial charge in [-0.25, -0.2) is 15.2 Å². The first-order valence-corrected chi connectivity index (χ1v) is 6.11. The SMILES string of the molecule is CC(=O)N1CCCN(c2nc(NN)ncc2F)CC1. The maximum atomic E-state index is 13.8. The van der Waals surface area contributed by atoms with Gasteiger partial charge in [0.25, 0.3) is 0 Å². The molecule has 2 rings (SSSR count). The van der Waals surface area contributed by atoms with Crippen LogP contribution in [-0.4, -0.2) is 47.0 Å². The molecule has 1 fully saturated rings. The summed E-state index contributed by atoms with van der Waals surface area (Å²) in [5, 5.41) is 0. The predicted octanol–water partition coefficient (Wildman–Crippen LogP) is -0.0401. The lowest BCUT2D eigenvalue weighted by Crippen LogP contribution is -2.34. The highest BCUT2D eigenvalue weighted by molar-refractivity contribution is 5.73. The van der Waals surface area contributed by atoms with E-state index in [0.717, 1.165) is 12.6 Å². The first-order chi connectivity index (χ1) is 9.11. The Labute approximate surface area is 110 Å². The summed E-state index contributed by atoms with van der Waals surface area (Å²) in [4.78, 5) is 22.6. The first kappa shape index (κ1) is 13.5. The molecule has 19 heavy (non-hydrogen) atoms. The summed E-state index contributed by atoms with van der Waals surface area (Å²) in [6.07, 6.45) is 1.86. The molecule has 8 heteroatoms. The van der Waals surface area contributed by atoms with Gasteiger partial charge in [0, 0.05) is 33.1 Å². The maximum absolute atomic E-state index is 13.8. The van der Waals surface area contributed by atoms with Gasteiger partial charge in [-0.05, 0) is 6.42 Å². The zero-order valence-corrected chi connectivity index (χ0v) is 10.8. The monoisotopic (exact) mass is 268 g/mol. The first-order valence-electron chi connectivity index (χ1n) is 6.11. The lowest BCUT2D eigenvalue weighted by atomic mass is 10.3. The van der Waals surface area contributed by atoms with Gasteiger partial charge in [0.05, 0.1) is 6.20 Å². The van der Waals surface area contributed by atoms with E-state index in [2.05, 4.69) is 15.4 Å². The van der Waals surface area contributed by atoms with Crippen LogP contribution < -0.4 is 16.2 Å². The average Bonchev–Trinajstić information content (AvgIpc) is 2.65. The van der Waals surface area contributed by atoms with Crippen molar-refractivity contribution in [1.82, 2.24) is 14.9 Å². The Kier molecular flexibility index (Phi) is 4.10. The van der Waals surface area contributed by atoms with Crippen LogP contribution in [0.25, 0.3) is 0 Å². The molecule has 1 aromatic rings. The van der Waals surface area contributed by atoms with E-state index in [1.165, 1.54) is 6.92 Å². The fourth-order valence-electron chi connectivity index (χ4n) is 2.09. The highest BCUT2D eigenvalue weighted by Gasteiger charge is 2.20. The second kappa shape index (κ2) is 5.79. The maximum Gasteiger partial charge on any atom is 0.239 e. The van der Waals surface area contributed by atoms with E-state index in [0.29, 0.717) is 26.2 Å². The van der Waals surface area contributed by atoms with Crippen LogP contribution in [0.1, 0.15) is 13.3 Å². The van der Waals surface area contributed by atoms with Crippen molar-refractivity contribution in [3.05, 3.63) is 12.0 Å². The Morgan fingerprint density at radius 3 is 2.89 bits per heavy atom. The topological polar surface area (TPSA) is 87.4 Å². The number of hydrogen-bond acceptors (Lipinski definition) is 6. The summed E-state index contributed by atoms with van der Waals surface area (Å²) >= 11 is 0. The average molecular weight is 268 g/mol. The summed E-state index contributed by atoms with van der Waals surface area (Å²) < 4.78 is 13.8. The van der Waals surface area contributed by atoms with Crippen LogP contribution in [0.2, 0.25) is 0 Å². The molecule has 0 aromatic carbocycles. The van der Waals surface area contributed by atoms with Gasteiger partial charge in [0.1, 0.15) is 0 Å². The van der Waals surface area contributed by atoms with Gasteiger partial charge >= 0.3 is 0 Å². The quantitative estimate of drug-likeness (QED) is 0.578. The van der Waals surface area contributed by atoms with Crippen molar-refractivity contribution in [1.29, 1.82) is 0 Å². The Morgan fingerprint density at radius 2 is 2.21 bits per heavy atom. The fraction of sp³-hybridized carbons (Fsp3) is 0.545. The van der Waals surface area contributed by atoms with Crippen LogP contribution in [0.5, 0.6) is 0 Å². The van der Waals surface area contributed by atoms with Crippen molar-refractivity contribution in [3.63, 3.8) is 0 Å². The number of nitrogens with two attached hydrogens (primary N) is 1. The molecule has 1 aromatic heterocycles. The van der Waals surface area contributed by atoms with Crippen molar-refractivity contribution >= 4 is 17.7 Å². The van der Waals surface area contributed by atoms with E-state index in [4.69, 9.17) is 5.84 Å². The number of rotatable bonds is 2. The van der Waals surface area contributed by atoms with Gasteiger partial charge < -0.3 is 9.80 Å². The molecule has 0 radical (unpaired) electrons. The van der Waals surface area contributed by atoms with Gasteiger partial charge in [0.15, 0.2) is 11.6 Å². The number of nitrogens with one attached hydrogen (secondary N) is 1. The summed E-state index contributed by atoms with van der Waals surface area (Å²) in [6.45, 7) is 3.96. The number of amides is 1. The summed E-state index contributed by atoms with van der Waals surface area (Å²) in [6, 6.07) is 0.